The van der Waals surface area contributed by atoms with Crippen LogP contribution >= 0.6 is 22.9 Å². The maximum absolute atomic E-state index is 12.6. The Hall–Kier alpha value is -2.44. The van der Waals surface area contributed by atoms with Crippen molar-refractivity contribution < 1.29 is 0 Å². The molecule has 0 radical (unpaired) electrons. The Balaban J connectivity index is 1.88. The van der Waals surface area contributed by atoms with Crippen LogP contribution in [0.2, 0.25) is 4.34 Å². The molecule has 5 nitrogen and oxygen atoms in total. The zero-order chi connectivity index (χ0) is 17.6. The molecule has 0 unspecified atom stereocenters. The van der Waals surface area contributed by atoms with Gasteiger partial charge in [0.15, 0.2) is 5.65 Å². The molecule has 4 aromatic heterocycles. The Bertz CT molecular complexity index is 1110. The maximum Gasteiger partial charge on any atom is 0.330 e. The topological polar surface area (TPSA) is 52.7 Å². The molecule has 126 valence electrons. The van der Waals surface area contributed by atoms with Crippen molar-refractivity contribution in [3.63, 3.8) is 0 Å². The summed E-state index contributed by atoms with van der Waals surface area (Å²) >= 11 is 7.72. The third kappa shape index (κ3) is 2.77. The van der Waals surface area contributed by atoms with Gasteiger partial charge in [-0.1, -0.05) is 17.7 Å². The summed E-state index contributed by atoms with van der Waals surface area (Å²) in [5.74, 6) is 0. The quantitative estimate of drug-likeness (QED) is 0.550. The molecular formula is C18H15ClN4OS. The van der Waals surface area contributed by atoms with Gasteiger partial charge in [-0.05, 0) is 36.2 Å². The van der Waals surface area contributed by atoms with Crippen LogP contribution in [0.25, 0.3) is 21.6 Å². The molecule has 0 N–H and O–H groups in total. The van der Waals surface area contributed by atoms with Crippen LogP contribution in [-0.2, 0) is 13.6 Å². The lowest BCUT2D eigenvalue weighted by Crippen LogP contribution is -2.22. The SMILES string of the molecule is Cc1cc(-c2cnc3c(c2)n(Cc2cccnc2)c(=O)n3C)sc1Cl. The average molecular weight is 371 g/mol. The van der Waals surface area contributed by atoms with Gasteiger partial charge in [-0.15, -0.1) is 11.3 Å². The van der Waals surface area contributed by atoms with E-state index in [1.165, 1.54) is 11.3 Å². The van der Waals surface area contributed by atoms with E-state index < -0.39 is 0 Å². The normalized spacial score (nSPS) is 11.3. The Kier molecular flexibility index (Phi) is 3.94. The summed E-state index contributed by atoms with van der Waals surface area (Å²) in [6.07, 6.45) is 5.28. The Morgan fingerprint density at radius 1 is 1.28 bits per heavy atom. The number of aromatic nitrogens is 4. The zero-order valence-corrected chi connectivity index (χ0v) is 15.3. The molecule has 4 rings (SSSR count). The van der Waals surface area contributed by atoms with Crippen molar-refractivity contribution in [2.24, 2.45) is 7.05 Å². The van der Waals surface area contributed by atoms with E-state index in [9.17, 15) is 4.79 Å². The molecule has 0 fully saturated rings. The molecule has 0 saturated carbocycles. The van der Waals surface area contributed by atoms with Crippen LogP contribution in [0.3, 0.4) is 0 Å². The number of imidazole rings is 1. The summed E-state index contributed by atoms with van der Waals surface area (Å²) in [5.41, 5.74) is 4.34. The van der Waals surface area contributed by atoms with Crippen molar-refractivity contribution >= 4 is 34.1 Å². The van der Waals surface area contributed by atoms with Crippen molar-refractivity contribution in [3.05, 3.63) is 68.8 Å². The van der Waals surface area contributed by atoms with Crippen LogP contribution in [0.15, 0.2) is 47.7 Å². The number of pyridine rings is 2. The van der Waals surface area contributed by atoms with Gasteiger partial charge in [0.2, 0.25) is 0 Å². The fraction of sp³-hybridized carbons (Fsp3) is 0.167. The van der Waals surface area contributed by atoms with E-state index in [4.69, 9.17) is 11.6 Å². The van der Waals surface area contributed by atoms with Crippen LogP contribution in [0, 0.1) is 6.92 Å². The number of thiophene rings is 1. The van der Waals surface area contributed by atoms with E-state index in [1.807, 2.05) is 31.2 Å². The van der Waals surface area contributed by atoms with Gasteiger partial charge in [0, 0.05) is 36.1 Å². The number of halogens is 1. The zero-order valence-electron chi connectivity index (χ0n) is 13.7. The van der Waals surface area contributed by atoms with Crippen molar-refractivity contribution in [2.75, 3.05) is 0 Å². The standard InChI is InChI=1S/C18H15ClN4OS/c1-11-6-15(25-16(11)19)13-7-14-17(21-9-13)22(2)18(24)23(14)10-12-4-3-5-20-8-12/h3-9H,10H2,1-2H3. The minimum absolute atomic E-state index is 0.0936. The van der Waals surface area contributed by atoms with Gasteiger partial charge in [0.05, 0.1) is 16.4 Å². The number of nitrogens with zero attached hydrogens (tertiary/aromatic N) is 4. The molecular weight excluding hydrogens is 356 g/mol. The van der Waals surface area contributed by atoms with Crippen LogP contribution < -0.4 is 5.69 Å². The lowest BCUT2D eigenvalue weighted by Gasteiger charge is -2.04. The highest BCUT2D eigenvalue weighted by molar-refractivity contribution is 7.19. The third-order valence-electron chi connectivity index (χ3n) is 4.18. The second-order valence-corrected chi connectivity index (χ2v) is 7.58. The Morgan fingerprint density at radius 3 is 2.80 bits per heavy atom. The second-order valence-electron chi connectivity index (χ2n) is 5.92. The number of aryl methyl sites for hydroxylation is 2. The highest BCUT2D eigenvalue weighted by atomic mass is 35.5. The number of fused-ring (bicyclic) bond motifs is 1. The van der Waals surface area contributed by atoms with Crippen molar-refractivity contribution in [1.82, 2.24) is 19.1 Å². The summed E-state index contributed by atoms with van der Waals surface area (Å²) in [4.78, 5) is 22.3. The molecule has 0 aliphatic carbocycles. The minimum atomic E-state index is -0.0936. The Morgan fingerprint density at radius 2 is 2.12 bits per heavy atom. The van der Waals surface area contributed by atoms with E-state index in [-0.39, 0.29) is 5.69 Å². The average Bonchev–Trinajstić information content (AvgIpc) is 3.08. The number of hydrogen-bond donors (Lipinski definition) is 0. The fourth-order valence-electron chi connectivity index (χ4n) is 2.84. The molecule has 0 aliphatic rings. The van der Waals surface area contributed by atoms with Crippen LogP contribution in [0.5, 0.6) is 0 Å². The maximum atomic E-state index is 12.6. The van der Waals surface area contributed by atoms with E-state index in [1.54, 1.807) is 34.8 Å². The summed E-state index contributed by atoms with van der Waals surface area (Å²) in [5, 5.41) is 0. The summed E-state index contributed by atoms with van der Waals surface area (Å²) in [7, 11) is 1.74. The smallest absolute Gasteiger partial charge is 0.286 e. The lowest BCUT2D eigenvalue weighted by molar-refractivity contribution is 0.732. The van der Waals surface area contributed by atoms with Crippen molar-refractivity contribution in [2.45, 2.75) is 13.5 Å². The van der Waals surface area contributed by atoms with E-state index in [2.05, 4.69) is 9.97 Å². The van der Waals surface area contributed by atoms with Gasteiger partial charge in [-0.2, -0.15) is 0 Å². The van der Waals surface area contributed by atoms with E-state index in [0.29, 0.717) is 12.2 Å². The number of rotatable bonds is 3. The molecule has 0 amide bonds. The third-order valence-corrected chi connectivity index (χ3v) is 5.78. The number of hydrogen-bond acceptors (Lipinski definition) is 4. The molecule has 0 aromatic carbocycles. The van der Waals surface area contributed by atoms with Gasteiger partial charge in [0.25, 0.3) is 0 Å². The molecule has 4 heterocycles. The van der Waals surface area contributed by atoms with E-state index in [0.717, 1.165) is 31.4 Å². The fourth-order valence-corrected chi connectivity index (χ4v) is 4.02. The minimum Gasteiger partial charge on any atom is -0.286 e. The summed E-state index contributed by atoms with van der Waals surface area (Å²) < 4.78 is 4.07. The van der Waals surface area contributed by atoms with Gasteiger partial charge >= 0.3 is 5.69 Å². The molecule has 4 aromatic rings. The molecule has 0 bridgehead atoms. The first-order valence-electron chi connectivity index (χ1n) is 7.75. The predicted molar refractivity (Wildman–Crippen MR) is 101 cm³/mol. The molecule has 0 atom stereocenters. The van der Waals surface area contributed by atoms with Crippen LogP contribution in [0.4, 0.5) is 0 Å². The molecule has 25 heavy (non-hydrogen) atoms. The highest BCUT2D eigenvalue weighted by Crippen LogP contribution is 2.35. The van der Waals surface area contributed by atoms with Gasteiger partial charge in [-0.25, -0.2) is 9.78 Å². The predicted octanol–water partition coefficient (Wildman–Crippen LogP) is 3.87. The van der Waals surface area contributed by atoms with Gasteiger partial charge in [0.1, 0.15) is 0 Å². The first-order chi connectivity index (χ1) is 12.0. The van der Waals surface area contributed by atoms with Crippen molar-refractivity contribution in [1.29, 1.82) is 0 Å². The van der Waals surface area contributed by atoms with Gasteiger partial charge in [-0.3, -0.25) is 14.1 Å². The molecule has 0 spiro atoms. The van der Waals surface area contributed by atoms with Crippen LogP contribution in [0.1, 0.15) is 11.1 Å². The van der Waals surface area contributed by atoms with Crippen molar-refractivity contribution in [3.8, 4) is 10.4 Å². The van der Waals surface area contributed by atoms with E-state index >= 15 is 0 Å². The first-order valence-corrected chi connectivity index (χ1v) is 8.94. The lowest BCUT2D eigenvalue weighted by atomic mass is 10.2. The molecule has 7 heteroatoms. The largest absolute Gasteiger partial charge is 0.330 e. The molecule has 0 saturated heterocycles. The monoisotopic (exact) mass is 370 g/mol. The Labute approximate surface area is 153 Å². The first kappa shape index (κ1) is 16.1. The summed E-state index contributed by atoms with van der Waals surface area (Å²) in [6, 6.07) is 7.87. The summed E-state index contributed by atoms with van der Waals surface area (Å²) in [6.45, 7) is 2.44. The highest BCUT2D eigenvalue weighted by Gasteiger charge is 2.15. The second kappa shape index (κ2) is 6.13. The molecule has 0 aliphatic heterocycles. The van der Waals surface area contributed by atoms with Crippen LogP contribution in [-0.4, -0.2) is 19.1 Å². The van der Waals surface area contributed by atoms with Gasteiger partial charge < -0.3 is 0 Å².